The molecule has 2 aromatic rings. The van der Waals surface area contributed by atoms with Gasteiger partial charge in [0.25, 0.3) is 5.91 Å². The predicted octanol–water partition coefficient (Wildman–Crippen LogP) is 3.78. The van der Waals surface area contributed by atoms with Crippen LogP contribution in [0.2, 0.25) is 0 Å². The molecule has 0 fully saturated rings. The molecular formula is C20H22FNO4. The van der Waals surface area contributed by atoms with Crippen molar-refractivity contribution in [1.29, 1.82) is 0 Å². The number of carbonyl (C=O) groups is 2. The summed E-state index contributed by atoms with van der Waals surface area (Å²) in [7, 11) is 0. The number of benzene rings is 2. The maximum atomic E-state index is 13.5. The number of nitrogens with one attached hydrogen (secondary N) is 1. The molecule has 5 nitrogen and oxygen atoms in total. The second-order valence-electron chi connectivity index (χ2n) is 6.00. The molecule has 1 amide bonds. The molecule has 0 saturated heterocycles. The molecule has 0 aliphatic rings. The van der Waals surface area contributed by atoms with E-state index in [9.17, 15) is 14.0 Å². The number of carbonyl (C=O) groups excluding carboxylic acids is 2. The number of amides is 1. The van der Waals surface area contributed by atoms with Crippen LogP contribution in [0.1, 0.15) is 24.5 Å². The summed E-state index contributed by atoms with van der Waals surface area (Å²) in [5, 5.41) is 2.51. The van der Waals surface area contributed by atoms with Gasteiger partial charge < -0.3 is 14.8 Å². The van der Waals surface area contributed by atoms with E-state index in [1.807, 2.05) is 31.2 Å². The molecule has 138 valence electrons. The van der Waals surface area contributed by atoms with Gasteiger partial charge in [0, 0.05) is 5.69 Å². The smallest absolute Gasteiger partial charge is 0.310 e. The molecule has 0 radical (unpaired) electrons. The zero-order chi connectivity index (χ0) is 19.1. The number of hydrogen-bond acceptors (Lipinski definition) is 4. The van der Waals surface area contributed by atoms with Gasteiger partial charge in [-0.3, -0.25) is 9.59 Å². The van der Waals surface area contributed by atoms with Crippen LogP contribution in [-0.2, 0) is 14.3 Å². The number of esters is 1. The van der Waals surface area contributed by atoms with Gasteiger partial charge in [-0.05, 0) is 50.6 Å². The van der Waals surface area contributed by atoms with Gasteiger partial charge >= 0.3 is 5.97 Å². The Morgan fingerprint density at radius 1 is 1.12 bits per heavy atom. The van der Waals surface area contributed by atoms with Gasteiger partial charge in [-0.2, -0.15) is 0 Å². The topological polar surface area (TPSA) is 64.6 Å². The van der Waals surface area contributed by atoms with Crippen molar-refractivity contribution in [2.75, 3.05) is 11.9 Å². The van der Waals surface area contributed by atoms with Gasteiger partial charge in [0.1, 0.15) is 11.6 Å². The SMILES string of the molecule is Cc1ccc(OCCC(=O)O[C@H](C)C(=O)Nc2ccc(C)c(F)c2)cc1. The number of aryl methyl sites for hydroxylation is 2. The van der Waals surface area contributed by atoms with Gasteiger partial charge in [0.15, 0.2) is 6.10 Å². The van der Waals surface area contributed by atoms with E-state index in [2.05, 4.69) is 5.32 Å². The van der Waals surface area contributed by atoms with Crippen LogP contribution in [-0.4, -0.2) is 24.6 Å². The molecule has 0 heterocycles. The Morgan fingerprint density at radius 3 is 2.46 bits per heavy atom. The second-order valence-corrected chi connectivity index (χ2v) is 6.00. The van der Waals surface area contributed by atoms with Crippen LogP contribution < -0.4 is 10.1 Å². The lowest BCUT2D eigenvalue weighted by atomic mass is 10.2. The zero-order valence-electron chi connectivity index (χ0n) is 15.0. The van der Waals surface area contributed by atoms with E-state index in [-0.39, 0.29) is 13.0 Å². The normalized spacial score (nSPS) is 11.5. The van der Waals surface area contributed by atoms with Crippen LogP contribution >= 0.6 is 0 Å². The maximum Gasteiger partial charge on any atom is 0.310 e. The monoisotopic (exact) mass is 359 g/mol. The van der Waals surface area contributed by atoms with Gasteiger partial charge in [-0.15, -0.1) is 0 Å². The fourth-order valence-electron chi connectivity index (χ4n) is 2.11. The van der Waals surface area contributed by atoms with Gasteiger partial charge in [-0.25, -0.2) is 4.39 Å². The molecular weight excluding hydrogens is 337 g/mol. The van der Waals surface area contributed by atoms with Crippen LogP contribution in [0.25, 0.3) is 0 Å². The first-order chi connectivity index (χ1) is 12.3. The summed E-state index contributed by atoms with van der Waals surface area (Å²) < 4.78 is 24.0. The third-order valence-corrected chi connectivity index (χ3v) is 3.71. The summed E-state index contributed by atoms with van der Waals surface area (Å²) in [6, 6.07) is 11.8. The highest BCUT2D eigenvalue weighted by molar-refractivity contribution is 5.95. The van der Waals surface area contributed by atoms with E-state index < -0.39 is 23.8 Å². The molecule has 0 aliphatic carbocycles. The molecule has 0 bridgehead atoms. The quantitative estimate of drug-likeness (QED) is 0.764. The van der Waals surface area contributed by atoms with Crippen molar-refractivity contribution in [3.63, 3.8) is 0 Å². The lowest BCUT2D eigenvalue weighted by Crippen LogP contribution is -2.30. The Hall–Kier alpha value is -2.89. The Morgan fingerprint density at radius 2 is 1.81 bits per heavy atom. The maximum absolute atomic E-state index is 13.5. The standard InChI is InChI=1S/C20H22FNO4/c1-13-4-8-17(9-5-13)25-11-10-19(23)26-15(3)20(24)22-16-7-6-14(2)18(21)12-16/h4-9,12,15H,10-11H2,1-3H3,(H,22,24)/t15-/m1/s1. The fourth-order valence-corrected chi connectivity index (χ4v) is 2.11. The highest BCUT2D eigenvalue weighted by Crippen LogP contribution is 2.14. The molecule has 0 aliphatic heterocycles. The minimum Gasteiger partial charge on any atom is -0.493 e. The van der Waals surface area contributed by atoms with Crippen LogP contribution in [0.15, 0.2) is 42.5 Å². The zero-order valence-corrected chi connectivity index (χ0v) is 15.0. The average Bonchev–Trinajstić information content (AvgIpc) is 2.60. The molecule has 0 spiro atoms. The number of rotatable bonds is 7. The summed E-state index contributed by atoms with van der Waals surface area (Å²) >= 11 is 0. The fraction of sp³-hybridized carbons (Fsp3) is 0.300. The third-order valence-electron chi connectivity index (χ3n) is 3.71. The van der Waals surface area contributed by atoms with Crippen molar-refractivity contribution in [3.8, 4) is 5.75 Å². The summed E-state index contributed by atoms with van der Waals surface area (Å²) in [6.07, 6.45) is -0.976. The lowest BCUT2D eigenvalue weighted by Gasteiger charge is -2.14. The summed E-state index contributed by atoms with van der Waals surface area (Å²) in [5.74, 6) is -0.827. The largest absolute Gasteiger partial charge is 0.493 e. The van der Waals surface area contributed by atoms with Crippen molar-refractivity contribution in [3.05, 3.63) is 59.4 Å². The molecule has 1 N–H and O–H groups in total. The first kappa shape index (κ1) is 19.4. The van der Waals surface area contributed by atoms with Crippen molar-refractivity contribution < 1.29 is 23.5 Å². The van der Waals surface area contributed by atoms with Gasteiger partial charge in [-0.1, -0.05) is 23.8 Å². The molecule has 2 rings (SSSR count). The van der Waals surface area contributed by atoms with E-state index in [0.717, 1.165) is 5.56 Å². The van der Waals surface area contributed by atoms with Gasteiger partial charge in [0.05, 0.1) is 13.0 Å². The van der Waals surface area contributed by atoms with Crippen molar-refractivity contribution >= 4 is 17.6 Å². The molecule has 2 aromatic carbocycles. The van der Waals surface area contributed by atoms with Crippen molar-refractivity contribution in [2.24, 2.45) is 0 Å². The van der Waals surface area contributed by atoms with E-state index in [4.69, 9.17) is 9.47 Å². The molecule has 0 unspecified atom stereocenters. The second kappa shape index (κ2) is 8.99. The lowest BCUT2D eigenvalue weighted by molar-refractivity contribution is -0.153. The Kier molecular flexibility index (Phi) is 6.72. The number of anilines is 1. The Balaban J connectivity index is 1.75. The molecule has 0 aromatic heterocycles. The highest BCUT2D eigenvalue weighted by Gasteiger charge is 2.18. The Labute approximate surface area is 152 Å². The minimum atomic E-state index is -0.994. The van der Waals surface area contributed by atoms with E-state index in [0.29, 0.717) is 17.0 Å². The highest BCUT2D eigenvalue weighted by atomic mass is 19.1. The first-order valence-corrected chi connectivity index (χ1v) is 8.31. The minimum absolute atomic E-state index is 0.0185. The van der Waals surface area contributed by atoms with Crippen molar-refractivity contribution in [1.82, 2.24) is 0 Å². The first-order valence-electron chi connectivity index (χ1n) is 8.31. The molecule has 1 atom stereocenters. The van der Waals surface area contributed by atoms with Gasteiger partial charge in [0.2, 0.25) is 0 Å². The van der Waals surface area contributed by atoms with Crippen LogP contribution in [0.3, 0.4) is 0 Å². The third kappa shape index (κ3) is 5.88. The van der Waals surface area contributed by atoms with E-state index in [1.54, 1.807) is 19.1 Å². The Bertz CT molecular complexity index is 774. The number of halogens is 1. The van der Waals surface area contributed by atoms with Crippen LogP contribution in [0.5, 0.6) is 5.75 Å². The molecule has 26 heavy (non-hydrogen) atoms. The number of hydrogen-bond donors (Lipinski definition) is 1. The van der Waals surface area contributed by atoms with E-state index >= 15 is 0 Å². The average molecular weight is 359 g/mol. The molecule has 6 heteroatoms. The summed E-state index contributed by atoms with van der Waals surface area (Å²) in [4.78, 5) is 23.8. The molecule has 0 saturated carbocycles. The van der Waals surface area contributed by atoms with Crippen LogP contribution in [0.4, 0.5) is 10.1 Å². The van der Waals surface area contributed by atoms with E-state index in [1.165, 1.54) is 13.0 Å². The van der Waals surface area contributed by atoms with Crippen LogP contribution in [0, 0.1) is 19.7 Å². The van der Waals surface area contributed by atoms with Crippen molar-refractivity contribution in [2.45, 2.75) is 33.3 Å². The summed E-state index contributed by atoms with van der Waals surface area (Å²) in [5.41, 5.74) is 1.91. The predicted molar refractivity (Wildman–Crippen MR) is 96.6 cm³/mol. The summed E-state index contributed by atoms with van der Waals surface area (Å²) in [6.45, 7) is 5.21. The number of ether oxygens (including phenoxy) is 2.